The van der Waals surface area contributed by atoms with Gasteiger partial charge in [-0.3, -0.25) is 4.79 Å². The van der Waals surface area contributed by atoms with Crippen molar-refractivity contribution >= 4 is 28.5 Å². The summed E-state index contributed by atoms with van der Waals surface area (Å²) in [5.41, 5.74) is 3.94. The van der Waals surface area contributed by atoms with Gasteiger partial charge in [-0.25, -0.2) is 4.98 Å². The van der Waals surface area contributed by atoms with Crippen LogP contribution < -0.4 is 10.1 Å². The van der Waals surface area contributed by atoms with Crippen LogP contribution in [0.25, 0.3) is 11.0 Å². The van der Waals surface area contributed by atoms with Gasteiger partial charge in [0.1, 0.15) is 11.6 Å². The van der Waals surface area contributed by atoms with Gasteiger partial charge in [-0.05, 0) is 60.7 Å². The van der Waals surface area contributed by atoms with E-state index in [9.17, 15) is 4.79 Å². The summed E-state index contributed by atoms with van der Waals surface area (Å²) in [7, 11) is 0. The Hall–Kier alpha value is -3.31. The zero-order valence-electron chi connectivity index (χ0n) is 20.3. The number of hydrogen-bond acceptors (Lipinski definition) is 3. The standard InChI is InChI=1S/C29H32ClN3O2/c1-21(2)24-12-3-6-15-27(24)35-19-9-18-33-26-14-5-4-13-25(26)32-28(33)16-8-17-31-29(34)22-10-7-11-23(30)20-22/h3-7,10-15,20-21H,8-9,16-19H2,1-2H3,(H,31,34). The van der Waals surface area contributed by atoms with Crippen molar-refractivity contribution in [1.82, 2.24) is 14.9 Å². The Kier molecular flexibility index (Phi) is 8.43. The largest absolute Gasteiger partial charge is 0.493 e. The van der Waals surface area contributed by atoms with E-state index in [1.165, 1.54) is 5.56 Å². The Morgan fingerprint density at radius 3 is 2.66 bits per heavy atom. The average molecular weight is 490 g/mol. The number of carbonyl (C=O) groups excluding carboxylic acids is 1. The monoisotopic (exact) mass is 489 g/mol. The number of halogens is 1. The molecule has 0 radical (unpaired) electrons. The van der Waals surface area contributed by atoms with Crippen LogP contribution in [-0.2, 0) is 13.0 Å². The fourth-order valence-electron chi connectivity index (χ4n) is 4.24. The first-order chi connectivity index (χ1) is 17.0. The van der Waals surface area contributed by atoms with Gasteiger partial charge in [0.2, 0.25) is 0 Å². The number of hydrogen-bond donors (Lipinski definition) is 1. The van der Waals surface area contributed by atoms with Gasteiger partial charge >= 0.3 is 0 Å². The molecule has 0 saturated carbocycles. The van der Waals surface area contributed by atoms with Crippen LogP contribution in [0.1, 0.15) is 54.4 Å². The number of carbonyl (C=O) groups is 1. The van der Waals surface area contributed by atoms with Crippen LogP contribution in [0.2, 0.25) is 5.02 Å². The lowest BCUT2D eigenvalue weighted by Gasteiger charge is -2.14. The number of amides is 1. The maximum absolute atomic E-state index is 12.4. The van der Waals surface area contributed by atoms with Gasteiger partial charge in [0.15, 0.2) is 0 Å². The molecule has 0 saturated heterocycles. The summed E-state index contributed by atoms with van der Waals surface area (Å²) < 4.78 is 8.42. The van der Waals surface area contributed by atoms with Crippen molar-refractivity contribution in [2.75, 3.05) is 13.2 Å². The number of nitrogens with one attached hydrogen (secondary N) is 1. The minimum absolute atomic E-state index is 0.111. The lowest BCUT2D eigenvalue weighted by atomic mass is 10.0. The molecule has 6 heteroatoms. The molecule has 0 unspecified atom stereocenters. The number of aryl methyl sites for hydroxylation is 2. The highest BCUT2D eigenvalue weighted by atomic mass is 35.5. The molecule has 0 spiro atoms. The molecule has 0 aliphatic heterocycles. The van der Waals surface area contributed by atoms with E-state index in [1.54, 1.807) is 24.3 Å². The number of rotatable bonds is 11. The SMILES string of the molecule is CC(C)c1ccccc1OCCCn1c(CCCNC(=O)c2cccc(Cl)c2)nc2ccccc21. The third-order valence-corrected chi connectivity index (χ3v) is 6.24. The smallest absolute Gasteiger partial charge is 0.251 e. The molecule has 4 aromatic rings. The minimum atomic E-state index is -0.111. The highest BCUT2D eigenvalue weighted by molar-refractivity contribution is 6.30. The highest BCUT2D eigenvalue weighted by Crippen LogP contribution is 2.26. The van der Waals surface area contributed by atoms with E-state index in [1.807, 2.05) is 30.3 Å². The van der Waals surface area contributed by atoms with E-state index in [2.05, 4.69) is 41.9 Å². The number of para-hydroxylation sites is 3. The third-order valence-electron chi connectivity index (χ3n) is 6.01. The summed E-state index contributed by atoms with van der Waals surface area (Å²) in [6, 6.07) is 23.5. The molecule has 0 atom stereocenters. The highest BCUT2D eigenvalue weighted by Gasteiger charge is 2.12. The van der Waals surface area contributed by atoms with Crippen LogP contribution in [0.15, 0.2) is 72.8 Å². The molecule has 1 amide bonds. The van der Waals surface area contributed by atoms with Crippen LogP contribution in [0.3, 0.4) is 0 Å². The second-order valence-corrected chi connectivity index (χ2v) is 9.37. The predicted molar refractivity (Wildman–Crippen MR) is 142 cm³/mol. The van der Waals surface area contributed by atoms with Crippen LogP contribution in [0, 0.1) is 0 Å². The first-order valence-electron chi connectivity index (χ1n) is 12.2. The molecule has 0 fully saturated rings. The summed E-state index contributed by atoms with van der Waals surface area (Å²) in [5, 5.41) is 3.54. The van der Waals surface area contributed by atoms with Crippen molar-refractivity contribution in [2.24, 2.45) is 0 Å². The Balaban J connectivity index is 1.34. The maximum Gasteiger partial charge on any atom is 0.251 e. The van der Waals surface area contributed by atoms with Gasteiger partial charge in [-0.2, -0.15) is 0 Å². The number of nitrogens with zero attached hydrogens (tertiary/aromatic N) is 2. The molecule has 182 valence electrons. The van der Waals surface area contributed by atoms with Crippen LogP contribution in [0.4, 0.5) is 0 Å². The summed E-state index contributed by atoms with van der Waals surface area (Å²) in [5.74, 6) is 2.31. The molecule has 1 N–H and O–H groups in total. The number of benzene rings is 3. The molecule has 35 heavy (non-hydrogen) atoms. The molecule has 3 aromatic carbocycles. The molecule has 0 aliphatic rings. The third kappa shape index (κ3) is 6.43. The lowest BCUT2D eigenvalue weighted by molar-refractivity contribution is 0.0953. The van der Waals surface area contributed by atoms with Crippen molar-refractivity contribution in [3.05, 3.63) is 94.8 Å². The van der Waals surface area contributed by atoms with Crippen molar-refractivity contribution in [2.45, 2.75) is 45.6 Å². The van der Waals surface area contributed by atoms with Crippen LogP contribution in [-0.4, -0.2) is 28.6 Å². The van der Waals surface area contributed by atoms with Crippen molar-refractivity contribution in [3.63, 3.8) is 0 Å². The number of ether oxygens (including phenoxy) is 1. The van der Waals surface area contributed by atoms with E-state index >= 15 is 0 Å². The van der Waals surface area contributed by atoms with Gasteiger partial charge < -0.3 is 14.6 Å². The maximum atomic E-state index is 12.4. The fourth-order valence-corrected chi connectivity index (χ4v) is 4.43. The number of aromatic nitrogens is 2. The first kappa shape index (κ1) is 24.8. The van der Waals surface area contributed by atoms with E-state index in [4.69, 9.17) is 21.3 Å². The van der Waals surface area contributed by atoms with E-state index in [-0.39, 0.29) is 5.91 Å². The molecule has 1 aromatic heterocycles. The molecular formula is C29H32ClN3O2. The molecule has 1 heterocycles. The second kappa shape index (κ2) is 11.9. The van der Waals surface area contributed by atoms with E-state index in [0.29, 0.717) is 29.7 Å². The lowest BCUT2D eigenvalue weighted by Crippen LogP contribution is -2.25. The molecule has 4 rings (SSSR count). The first-order valence-corrected chi connectivity index (χ1v) is 12.6. The van der Waals surface area contributed by atoms with Gasteiger partial charge in [0, 0.05) is 30.1 Å². The van der Waals surface area contributed by atoms with Gasteiger partial charge in [0.05, 0.1) is 17.6 Å². The Bertz CT molecular complexity index is 1280. The molecule has 0 aliphatic carbocycles. The van der Waals surface area contributed by atoms with E-state index < -0.39 is 0 Å². The molecule has 0 bridgehead atoms. The summed E-state index contributed by atoms with van der Waals surface area (Å²) in [6.45, 7) is 6.41. The molecular weight excluding hydrogens is 458 g/mol. The van der Waals surface area contributed by atoms with Crippen LogP contribution >= 0.6 is 11.6 Å². The van der Waals surface area contributed by atoms with Gasteiger partial charge in [0.25, 0.3) is 5.91 Å². The van der Waals surface area contributed by atoms with Crippen molar-refractivity contribution < 1.29 is 9.53 Å². The normalized spacial score (nSPS) is 11.2. The van der Waals surface area contributed by atoms with Gasteiger partial charge in [-0.15, -0.1) is 0 Å². The zero-order valence-corrected chi connectivity index (χ0v) is 21.1. The summed E-state index contributed by atoms with van der Waals surface area (Å²) in [6.07, 6.45) is 2.46. The predicted octanol–water partition coefficient (Wildman–Crippen LogP) is 6.64. The number of imidazole rings is 1. The van der Waals surface area contributed by atoms with Gasteiger partial charge in [-0.1, -0.05) is 61.8 Å². The second-order valence-electron chi connectivity index (χ2n) is 8.93. The topological polar surface area (TPSA) is 56.1 Å². The quantitative estimate of drug-likeness (QED) is 0.240. The average Bonchev–Trinajstić information content (AvgIpc) is 3.21. The van der Waals surface area contributed by atoms with E-state index in [0.717, 1.165) is 48.4 Å². The summed E-state index contributed by atoms with van der Waals surface area (Å²) in [4.78, 5) is 17.2. The minimum Gasteiger partial charge on any atom is -0.493 e. The Morgan fingerprint density at radius 1 is 1.03 bits per heavy atom. The zero-order chi connectivity index (χ0) is 24.6. The van der Waals surface area contributed by atoms with Crippen molar-refractivity contribution in [1.29, 1.82) is 0 Å². The van der Waals surface area contributed by atoms with Crippen molar-refractivity contribution in [3.8, 4) is 5.75 Å². The Morgan fingerprint density at radius 2 is 1.83 bits per heavy atom. The molecule has 5 nitrogen and oxygen atoms in total. The Labute approximate surface area is 212 Å². The fraction of sp³-hybridized carbons (Fsp3) is 0.310. The number of fused-ring (bicyclic) bond motifs is 1. The van der Waals surface area contributed by atoms with Crippen LogP contribution in [0.5, 0.6) is 5.75 Å². The summed E-state index contributed by atoms with van der Waals surface area (Å²) >= 11 is 5.99.